The number of para-hydroxylation sites is 1. The number of nitrogens with one attached hydrogen (secondary N) is 1. The number of hydrogen-bond donors (Lipinski definition) is 1. The molecule has 0 aliphatic carbocycles. The predicted octanol–water partition coefficient (Wildman–Crippen LogP) is 1.59. The van der Waals surface area contributed by atoms with Crippen molar-refractivity contribution in [3.05, 3.63) is 36.2 Å². The molecule has 0 radical (unpaired) electrons. The van der Waals surface area contributed by atoms with E-state index in [4.69, 9.17) is 9.47 Å². The summed E-state index contributed by atoms with van der Waals surface area (Å²) in [5.74, 6) is 1.08. The minimum atomic E-state index is -0.111. The molecule has 1 amide bonds. The molecule has 1 unspecified atom stereocenters. The van der Waals surface area contributed by atoms with Crippen LogP contribution < -0.4 is 19.7 Å². The van der Waals surface area contributed by atoms with Crippen LogP contribution in [0.15, 0.2) is 30.6 Å². The van der Waals surface area contributed by atoms with E-state index in [1.165, 1.54) is 0 Å². The molecule has 132 valence electrons. The number of piperidine rings is 1. The number of rotatable bonds is 3. The number of carbonyl (C=O) groups excluding carboxylic acids is 1. The Bertz CT molecular complexity index is 773. The third-order valence-electron chi connectivity index (χ3n) is 4.62. The Kier molecular flexibility index (Phi) is 4.21. The van der Waals surface area contributed by atoms with E-state index in [0.29, 0.717) is 30.3 Å². The minimum absolute atomic E-state index is 0.0989. The fraction of sp³-hybridized carbons (Fsp3) is 0.444. The van der Waals surface area contributed by atoms with Crippen molar-refractivity contribution in [2.75, 3.05) is 31.2 Å². The Hall–Kier alpha value is -2.70. The molecule has 1 atom stereocenters. The molecule has 1 aromatic carbocycles. The van der Waals surface area contributed by atoms with E-state index in [-0.39, 0.29) is 11.9 Å². The van der Waals surface area contributed by atoms with Crippen molar-refractivity contribution in [2.24, 2.45) is 7.05 Å². The Morgan fingerprint density at radius 1 is 1.32 bits per heavy atom. The molecule has 2 aromatic rings. The number of ether oxygens (including phenoxy) is 2. The van der Waals surface area contributed by atoms with Crippen LogP contribution >= 0.6 is 0 Å². The molecule has 2 aliphatic heterocycles. The molecule has 3 heterocycles. The fourth-order valence-corrected chi connectivity index (χ4v) is 3.42. The highest BCUT2D eigenvalue weighted by atomic mass is 16.6. The smallest absolute Gasteiger partial charge is 0.255 e. The van der Waals surface area contributed by atoms with E-state index in [1.807, 2.05) is 31.6 Å². The standard InChI is InChI=1S/C18H22N4O3/c1-21-12-14(10-19-21)22-7-3-4-13(11-22)20-18(23)15-5-2-6-16-17(15)25-9-8-24-16/h2,5-6,10,12-13H,3-4,7-9,11H2,1H3,(H,20,23). The van der Waals surface area contributed by atoms with E-state index in [1.54, 1.807) is 10.7 Å². The third kappa shape index (κ3) is 3.26. The van der Waals surface area contributed by atoms with Gasteiger partial charge in [-0.05, 0) is 25.0 Å². The first-order valence-corrected chi connectivity index (χ1v) is 8.64. The van der Waals surface area contributed by atoms with E-state index < -0.39 is 0 Å². The topological polar surface area (TPSA) is 68.6 Å². The van der Waals surface area contributed by atoms with Crippen LogP contribution in [0.3, 0.4) is 0 Å². The van der Waals surface area contributed by atoms with Gasteiger partial charge in [-0.2, -0.15) is 5.10 Å². The lowest BCUT2D eigenvalue weighted by atomic mass is 10.0. The Morgan fingerprint density at radius 2 is 2.20 bits per heavy atom. The second-order valence-corrected chi connectivity index (χ2v) is 6.46. The number of carbonyl (C=O) groups is 1. The molecule has 25 heavy (non-hydrogen) atoms. The SMILES string of the molecule is Cn1cc(N2CCCC(NC(=O)c3cccc4c3OCCO4)C2)cn1. The van der Waals surface area contributed by atoms with Crippen molar-refractivity contribution >= 4 is 11.6 Å². The summed E-state index contributed by atoms with van der Waals surface area (Å²) in [6.45, 7) is 2.75. The number of benzene rings is 1. The minimum Gasteiger partial charge on any atom is -0.486 e. The molecule has 0 saturated carbocycles. The van der Waals surface area contributed by atoms with Crippen LogP contribution in [0.25, 0.3) is 0 Å². The summed E-state index contributed by atoms with van der Waals surface area (Å²) >= 11 is 0. The Balaban J connectivity index is 1.46. The molecule has 2 aliphatic rings. The zero-order valence-electron chi connectivity index (χ0n) is 14.3. The van der Waals surface area contributed by atoms with Gasteiger partial charge in [0.05, 0.1) is 17.4 Å². The zero-order valence-corrected chi connectivity index (χ0v) is 14.3. The zero-order chi connectivity index (χ0) is 17.2. The van der Waals surface area contributed by atoms with Gasteiger partial charge in [-0.25, -0.2) is 0 Å². The summed E-state index contributed by atoms with van der Waals surface area (Å²) < 4.78 is 13.0. The maximum absolute atomic E-state index is 12.8. The lowest BCUT2D eigenvalue weighted by molar-refractivity contribution is 0.0922. The molecule has 7 heteroatoms. The molecule has 4 rings (SSSR count). The van der Waals surface area contributed by atoms with Crippen LogP contribution in [0.5, 0.6) is 11.5 Å². The summed E-state index contributed by atoms with van der Waals surface area (Å²) in [5.41, 5.74) is 1.63. The highest BCUT2D eigenvalue weighted by Gasteiger charge is 2.25. The second kappa shape index (κ2) is 6.66. The summed E-state index contributed by atoms with van der Waals surface area (Å²) in [6, 6.07) is 5.54. The van der Waals surface area contributed by atoms with Gasteiger partial charge in [0.2, 0.25) is 0 Å². The average molecular weight is 342 g/mol. The summed E-state index contributed by atoms with van der Waals surface area (Å²) in [5, 5.41) is 7.38. The first-order chi connectivity index (χ1) is 12.2. The highest BCUT2D eigenvalue weighted by molar-refractivity contribution is 5.98. The fourth-order valence-electron chi connectivity index (χ4n) is 3.42. The number of hydrogen-bond acceptors (Lipinski definition) is 5. The number of fused-ring (bicyclic) bond motifs is 1. The van der Waals surface area contributed by atoms with Gasteiger partial charge in [-0.3, -0.25) is 9.48 Å². The quantitative estimate of drug-likeness (QED) is 0.917. The van der Waals surface area contributed by atoms with Crippen LogP contribution in [-0.4, -0.2) is 48.0 Å². The maximum Gasteiger partial charge on any atom is 0.255 e. The summed E-state index contributed by atoms with van der Waals surface area (Å²) in [7, 11) is 1.91. The molecule has 0 spiro atoms. The summed E-state index contributed by atoms with van der Waals surface area (Å²) in [4.78, 5) is 15.0. The van der Waals surface area contributed by atoms with E-state index in [0.717, 1.165) is 31.6 Å². The van der Waals surface area contributed by atoms with Crippen LogP contribution in [-0.2, 0) is 7.05 Å². The van der Waals surface area contributed by atoms with Crippen molar-refractivity contribution in [2.45, 2.75) is 18.9 Å². The monoisotopic (exact) mass is 342 g/mol. The van der Waals surface area contributed by atoms with Crippen LogP contribution in [0.4, 0.5) is 5.69 Å². The van der Waals surface area contributed by atoms with Gasteiger partial charge in [0.25, 0.3) is 5.91 Å². The molecule has 1 fully saturated rings. The number of aromatic nitrogens is 2. The first-order valence-electron chi connectivity index (χ1n) is 8.64. The van der Waals surface area contributed by atoms with Gasteiger partial charge in [-0.15, -0.1) is 0 Å². The Labute approximate surface area is 146 Å². The van der Waals surface area contributed by atoms with Crippen LogP contribution in [0.2, 0.25) is 0 Å². The second-order valence-electron chi connectivity index (χ2n) is 6.46. The molecule has 7 nitrogen and oxygen atoms in total. The van der Waals surface area contributed by atoms with E-state index in [9.17, 15) is 4.79 Å². The van der Waals surface area contributed by atoms with Crippen LogP contribution in [0, 0.1) is 0 Å². The maximum atomic E-state index is 12.8. The van der Waals surface area contributed by atoms with Crippen molar-refractivity contribution in [1.82, 2.24) is 15.1 Å². The number of anilines is 1. The van der Waals surface area contributed by atoms with E-state index >= 15 is 0 Å². The van der Waals surface area contributed by atoms with Gasteiger partial charge in [0, 0.05) is 32.4 Å². The molecule has 1 saturated heterocycles. The van der Waals surface area contributed by atoms with Crippen molar-refractivity contribution in [3.8, 4) is 11.5 Å². The van der Waals surface area contributed by atoms with Crippen molar-refractivity contribution in [3.63, 3.8) is 0 Å². The molecular weight excluding hydrogens is 320 g/mol. The number of amides is 1. The lowest BCUT2D eigenvalue weighted by Crippen LogP contribution is -2.47. The summed E-state index contributed by atoms with van der Waals surface area (Å²) in [6.07, 6.45) is 5.87. The highest BCUT2D eigenvalue weighted by Crippen LogP contribution is 2.33. The lowest BCUT2D eigenvalue weighted by Gasteiger charge is -2.34. The average Bonchev–Trinajstić information content (AvgIpc) is 3.08. The van der Waals surface area contributed by atoms with Gasteiger partial charge < -0.3 is 19.7 Å². The van der Waals surface area contributed by atoms with Gasteiger partial charge >= 0.3 is 0 Å². The largest absolute Gasteiger partial charge is 0.486 e. The van der Waals surface area contributed by atoms with E-state index in [2.05, 4.69) is 15.3 Å². The molecular formula is C18H22N4O3. The predicted molar refractivity (Wildman–Crippen MR) is 93.3 cm³/mol. The van der Waals surface area contributed by atoms with Crippen molar-refractivity contribution in [1.29, 1.82) is 0 Å². The number of aryl methyl sites for hydroxylation is 1. The van der Waals surface area contributed by atoms with Gasteiger partial charge in [0.1, 0.15) is 13.2 Å². The third-order valence-corrected chi connectivity index (χ3v) is 4.62. The first kappa shape index (κ1) is 15.8. The normalized spacial score (nSPS) is 19.6. The van der Waals surface area contributed by atoms with Gasteiger partial charge in [-0.1, -0.05) is 6.07 Å². The molecule has 1 N–H and O–H groups in total. The molecule has 1 aromatic heterocycles. The molecule has 0 bridgehead atoms. The Morgan fingerprint density at radius 3 is 3.04 bits per heavy atom. The van der Waals surface area contributed by atoms with Crippen molar-refractivity contribution < 1.29 is 14.3 Å². The number of nitrogens with zero attached hydrogens (tertiary/aromatic N) is 3. The van der Waals surface area contributed by atoms with Gasteiger partial charge in [0.15, 0.2) is 11.5 Å². The van der Waals surface area contributed by atoms with Crippen LogP contribution in [0.1, 0.15) is 23.2 Å².